The zero-order valence-corrected chi connectivity index (χ0v) is 24.4. The van der Waals surface area contributed by atoms with Crippen LogP contribution in [0.3, 0.4) is 0 Å². The van der Waals surface area contributed by atoms with Crippen LogP contribution in [0.2, 0.25) is 0 Å². The molecule has 0 saturated carbocycles. The van der Waals surface area contributed by atoms with Gasteiger partial charge in [0.2, 0.25) is 11.1 Å². The Kier molecular flexibility index (Phi) is 8.26. The van der Waals surface area contributed by atoms with Gasteiger partial charge in [-0.05, 0) is 74.6 Å². The summed E-state index contributed by atoms with van der Waals surface area (Å²) in [7, 11) is 0. The highest BCUT2D eigenvalue weighted by Gasteiger charge is 2.34. The van der Waals surface area contributed by atoms with E-state index in [1.807, 2.05) is 74.0 Å². The lowest BCUT2D eigenvalue weighted by Crippen LogP contribution is -2.31. The summed E-state index contributed by atoms with van der Waals surface area (Å²) in [6.45, 7) is 10.7. The summed E-state index contributed by atoms with van der Waals surface area (Å²) >= 11 is 1.61. The molecule has 7 nitrogen and oxygen atoms in total. The lowest BCUT2D eigenvalue weighted by Gasteiger charge is -2.29. The van der Waals surface area contributed by atoms with Gasteiger partial charge in [0.25, 0.3) is 5.91 Å². The number of anilines is 2. The van der Waals surface area contributed by atoms with Gasteiger partial charge >= 0.3 is 0 Å². The molecule has 1 atom stereocenters. The van der Waals surface area contributed by atoms with Gasteiger partial charge in [-0.1, -0.05) is 72.8 Å². The molecule has 1 aliphatic heterocycles. The summed E-state index contributed by atoms with van der Waals surface area (Å²) < 4.78 is 7.89. The zero-order chi connectivity index (χ0) is 28.2. The van der Waals surface area contributed by atoms with Crippen molar-refractivity contribution >= 4 is 29.3 Å². The summed E-state index contributed by atoms with van der Waals surface area (Å²) in [4.78, 5) is 18.6. The number of allylic oxidation sites excluding steroid dienone is 1. The molecule has 1 unspecified atom stereocenters. The SMILES string of the molecule is CCCSc1nc2n(n1)C(c1ccc(OCc3cccc(C)c3)cc1)C(C(=O)Nc1cccc(C)c1C)=C(C)N2. The van der Waals surface area contributed by atoms with Crippen molar-refractivity contribution in [3.63, 3.8) is 0 Å². The molecule has 206 valence electrons. The summed E-state index contributed by atoms with van der Waals surface area (Å²) in [5.74, 6) is 2.14. The topological polar surface area (TPSA) is 81.1 Å². The number of thioether (sulfide) groups is 1. The number of aryl methyl sites for hydroxylation is 2. The number of fused-ring (bicyclic) bond motifs is 1. The molecule has 8 heteroatoms. The van der Waals surface area contributed by atoms with Crippen molar-refractivity contribution in [2.45, 2.75) is 58.8 Å². The van der Waals surface area contributed by atoms with E-state index in [1.54, 1.807) is 11.8 Å². The van der Waals surface area contributed by atoms with Crippen LogP contribution in [0.5, 0.6) is 5.75 Å². The van der Waals surface area contributed by atoms with Gasteiger partial charge in [-0.3, -0.25) is 4.79 Å². The van der Waals surface area contributed by atoms with Crippen molar-refractivity contribution < 1.29 is 9.53 Å². The molecule has 2 N–H and O–H groups in total. The first kappa shape index (κ1) is 27.5. The summed E-state index contributed by atoms with van der Waals surface area (Å²) in [5, 5.41) is 12.0. The average molecular weight is 554 g/mol. The van der Waals surface area contributed by atoms with Gasteiger partial charge in [-0.2, -0.15) is 4.98 Å². The molecule has 1 aromatic heterocycles. The lowest BCUT2D eigenvalue weighted by molar-refractivity contribution is -0.113. The van der Waals surface area contributed by atoms with E-state index in [-0.39, 0.29) is 5.91 Å². The van der Waals surface area contributed by atoms with Crippen LogP contribution in [0.25, 0.3) is 0 Å². The standard InChI is InChI=1S/C32H35N5O2S/c1-6-17-40-32-35-31-33-23(5)28(30(38)34-27-12-8-10-21(3)22(27)4)29(37(31)36-32)25-13-15-26(16-14-25)39-19-24-11-7-9-20(2)18-24/h7-16,18,29H,6,17,19H2,1-5H3,(H,34,38)(H,33,35,36). The number of rotatable bonds is 9. The van der Waals surface area contributed by atoms with Crippen LogP contribution in [0, 0.1) is 20.8 Å². The first-order valence-electron chi connectivity index (χ1n) is 13.6. The van der Waals surface area contributed by atoms with E-state index in [0.717, 1.165) is 51.6 Å². The van der Waals surface area contributed by atoms with Crippen LogP contribution < -0.4 is 15.4 Å². The van der Waals surface area contributed by atoms with Gasteiger partial charge in [0.05, 0.1) is 5.57 Å². The molecular weight excluding hydrogens is 518 g/mol. The van der Waals surface area contributed by atoms with Crippen molar-refractivity contribution in [2.24, 2.45) is 0 Å². The van der Waals surface area contributed by atoms with Gasteiger partial charge in [0.15, 0.2) is 0 Å². The molecule has 1 aliphatic rings. The van der Waals surface area contributed by atoms with Crippen LogP contribution in [-0.4, -0.2) is 26.4 Å². The van der Waals surface area contributed by atoms with Gasteiger partial charge in [0.1, 0.15) is 18.4 Å². The summed E-state index contributed by atoms with van der Waals surface area (Å²) in [6.07, 6.45) is 1.02. The van der Waals surface area contributed by atoms with Crippen LogP contribution in [0.15, 0.2) is 83.2 Å². The van der Waals surface area contributed by atoms with E-state index in [0.29, 0.717) is 23.3 Å². The molecule has 4 aromatic rings. The molecule has 0 fully saturated rings. The van der Waals surface area contributed by atoms with Crippen molar-refractivity contribution in [3.05, 3.63) is 106 Å². The Hall–Kier alpha value is -4.04. The maximum atomic E-state index is 13.9. The first-order valence-corrected chi connectivity index (χ1v) is 14.6. The average Bonchev–Trinajstić information content (AvgIpc) is 3.35. The second-order valence-electron chi connectivity index (χ2n) is 10.1. The Balaban J connectivity index is 1.46. The van der Waals surface area contributed by atoms with Crippen LogP contribution in [-0.2, 0) is 11.4 Å². The number of aromatic nitrogens is 3. The molecular formula is C32H35N5O2S. The van der Waals surface area contributed by atoms with Crippen LogP contribution in [0.1, 0.15) is 54.1 Å². The number of hydrogen-bond acceptors (Lipinski definition) is 6. The van der Waals surface area contributed by atoms with Crippen molar-refractivity contribution in [1.82, 2.24) is 14.8 Å². The molecule has 2 heterocycles. The minimum absolute atomic E-state index is 0.174. The van der Waals surface area contributed by atoms with E-state index >= 15 is 0 Å². The Morgan fingerprint density at radius 2 is 1.82 bits per heavy atom. The fraction of sp³-hybridized carbons (Fsp3) is 0.281. The Labute approximate surface area is 240 Å². The van der Waals surface area contributed by atoms with Crippen molar-refractivity contribution in [3.8, 4) is 5.75 Å². The van der Waals surface area contributed by atoms with E-state index in [4.69, 9.17) is 14.8 Å². The third kappa shape index (κ3) is 5.92. The third-order valence-corrected chi connectivity index (χ3v) is 8.09. The molecule has 40 heavy (non-hydrogen) atoms. The number of carbonyl (C=O) groups excluding carboxylic acids is 1. The van der Waals surface area contributed by atoms with E-state index < -0.39 is 6.04 Å². The van der Waals surface area contributed by atoms with E-state index in [2.05, 4.69) is 42.7 Å². The van der Waals surface area contributed by atoms with E-state index in [9.17, 15) is 4.79 Å². The maximum Gasteiger partial charge on any atom is 0.255 e. The fourth-order valence-electron chi connectivity index (χ4n) is 4.78. The number of hydrogen-bond donors (Lipinski definition) is 2. The monoisotopic (exact) mass is 553 g/mol. The largest absolute Gasteiger partial charge is 0.489 e. The predicted octanol–water partition coefficient (Wildman–Crippen LogP) is 7.21. The predicted molar refractivity (Wildman–Crippen MR) is 162 cm³/mol. The highest BCUT2D eigenvalue weighted by Crippen LogP contribution is 2.37. The number of nitrogens with zero attached hydrogens (tertiary/aromatic N) is 3. The van der Waals surface area contributed by atoms with Gasteiger partial charge in [0, 0.05) is 17.1 Å². The molecule has 0 saturated heterocycles. The van der Waals surface area contributed by atoms with Crippen LogP contribution >= 0.6 is 11.8 Å². The number of carbonyl (C=O) groups is 1. The first-order chi connectivity index (χ1) is 19.3. The number of ether oxygens (including phenoxy) is 1. The molecule has 0 bridgehead atoms. The normalized spacial score (nSPS) is 14.5. The highest BCUT2D eigenvalue weighted by atomic mass is 32.2. The molecule has 0 aliphatic carbocycles. The number of nitrogens with one attached hydrogen (secondary N) is 2. The highest BCUT2D eigenvalue weighted by molar-refractivity contribution is 7.99. The molecule has 1 amide bonds. The fourth-order valence-corrected chi connectivity index (χ4v) is 5.46. The van der Waals surface area contributed by atoms with Crippen molar-refractivity contribution in [1.29, 1.82) is 0 Å². The quantitative estimate of drug-likeness (QED) is 0.213. The molecule has 0 radical (unpaired) electrons. The Morgan fingerprint density at radius 1 is 1.05 bits per heavy atom. The van der Waals surface area contributed by atoms with Gasteiger partial charge < -0.3 is 15.4 Å². The summed E-state index contributed by atoms with van der Waals surface area (Å²) in [5.41, 5.74) is 7.56. The van der Waals surface area contributed by atoms with Gasteiger partial charge in [-0.25, -0.2) is 4.68 Å². The zero-order valence-electron chi connectivity index (χ0n) is 23.6. The lowest BCUT2D eigenvalue weighted by atomic mass is 9.94. The molecule has 5 rings (SSSR count). The minimum atomic E-state index is -0.448. The smallest absolute Gasteiger partial charge is 0.255 e. The minimum Gasteiger partial charge on any atom is -0.489 e. The Bertz CT molecular complexity index is 1560. The number of amides is 1. The molecule has 0 spiro atoms. The second kappa shape index (κ2) is 12.0. The van der Waals surface area contributed by atoms with E-state index in [1.165, 1.54) is 5.56 Å². The van der Waals surface area contributed by atoms with Crippen molar-refractivity contribution in [2.75, 3.05) is 16.4 Å². The maximum absolute atomic E-state index is 13.9. The third-order valence-electron chi connectivity index (χ3n) is 7.05. The second-order valence-corrected chi connectivity index (χ2v) is 11.2. The van der Waals surface area contributed by atoms with Gasteiger partial charge in [-0.15, -0.1) is 5.10 Å². The summed E-state index contributed by atoms with van der Waals surface area (Å²) in [6, 6.07) is 21.7. The van der Waals surface area contributed by atoms with Crippen LogP contribution in [0.4, 0.5) is 11.6 Å². The Morgan fingerprint density at radius 3 is 2.58 bits per heavy atom. The number of benzene rings is 3. The molecule has 3 aromatic carbocycles.